The zero-order valence-corrected chi connectivity index (χ0v) is 21.2. The van der Waals surface area contributed by atoms with Gasteiger partial charge in [-0.1, -0.05) is 17.3 Å². The van der Waals surface area contributed by atoms with Crippen molar-refractivity contribution in [3.8, 4) is 33.9 Å². The van der Waals surface area contributed by atoms with Gasteiger partial charge < -0.3 is 29.4 Å². The number of nitrogens with one attached hydrogen (secondary N) is 2. The van der Waals surface area contributed by atoms with Gasteiger partial charge in [-0.05, 0) is 54.8 Å². The molecule has 1 heterocycles. The van der Waals surface area contributed by atoms with E-state index < -0.39 is 5.97 Å². The van der Waals surface area contributed by atoms with Gasteiger partial charge in [-0.3, -0.25) is 14.4 Å². The largest absolute Gasteiger partial charge is 0.497 e. The Balaban J connectivity index is 1.63. The summed E-state index contributed by atoms with van der Waals surface area (Å²) in [4.78, 5) is 35.5. The van der Waals surface area contributed by atoms with Crippen LogP contribution in [0.25, 0.3) is 22.4 Å². The molecular weight excluding hydrogens is 478 g/mol. The average molecular weight is 510 g/mol. The third-order valence-corrected chi connectivity index (χ3v) is 5.64. The SMILES string of the molecule is COC(=O)CNC(=O)CCCCNC(=O)Cc1onc(-c2ccc(OC)cc2)c1-c1ccc(OC)cc1. The number of aromatic nitrogens is 1. The third kappa shape index (κ3) is 7.83. The second-order valence-corrected chi connectivity index (χ2v) is 8.12. The van der Waals surface area contributed by atoms with Crippen molar-refractivity contribution in [2.45, 2.75) is 25.7 Å². The van der Waals surface area contributed by atoms with E-state index in [0.29, 0.717) is 36.6 Å². The number of amides is 2. The maximum Gasteiger partial charge on any atom is 0.325 e. The van der Waals surface area contributed by atoms with E-state index in [1.807, 2.05) is 48.5 Å². The molecular formula is C27H31N3O7. The van der Waals surface area contributed by atoms with Gasteiger partial charge in [0, 0.05) is 18.5 Å². The van der Waals surface area contributed by atoms with Crippen LogP contribution in [0.2, 0.25) is 0 Å². The van der Waals surface area contributed by atoms with E-state index in [4.69, 9.17) is 14.0 Å². The van der Waals surface area contributed by atoms with Crippen molar-refractivity contribution in [2.24, 2.45) is 0 Å². The van der Waals surface area contributed by atoms with Crippen LogP contribution in [0.4, 0.5) is 0 Å². The van der Waals surface area contributed by atoms with Gasteiger partial charge in [-0.15, -0.1) is 0 Å². The zero-order chi connectivity index (χ0) is 26.6. The molecule has 0 aliphatic heterocycles. The number of rotatable bonds is 13. The molecule has 196 valence electrons. The molecule has 0 radical (unpaired) electrons. The lowest BCUT2D eigenvalue weighted by Crippen LogP contribution is -2.30. The zero-order valence-electron chi connectivity index (χ0n) is 21.2. The van der Waals surface area contributed by atoms with Crippen LogP contribution in [0.3, 0.4) is 0 Å². The molecule has 3 rings (SSSR count). The lowest BCUT2D eigenvalue weighted by Gasteiger charge is -2.08. The number of esters is 1. The fourth-order valence-electron chi connectivity index (χ4n) is 3.62. The van der Waals surface area contributed by atoms with Crippen molar-refractivity contribution in [3.05, 3.63) is 54.3 Å². The summed E-state index contributed by atoms with van der Waals surface area (Å²) in [5.41, 5.74) is 3.01. The molecule has 37 heavy (non-hydrogen) atoms. The van der Waals surface area contributed by atoms with Crippen LogP contribution in [0, 0.1) is 0 Å². The van der Waals surface area contributed by atoms with Gasteiger partial charge in [-0.2, -0.15) is 0 Å². The van der Waals surface area contributed by atoms with Gasteiger partial charge in [-0.25, -0.2) is 0 Å². The fraction of sp³-hybridized carbons (Fsp3) is 0.333. The Labute approximate surface area is 215 Å². The smallest absolute Gasteiger partial charge is 0.325 e. The predicted octanol–water partition coefficient (Wildman–Crippen LogP) is 3.14. The maximum atomic E-state index is 12.7. The van der Waals surface area contributed by atoms with Crippen molar-refractivity contribution in [1.29, 1.82) is 0 Å². The number of benzene rings is 2. The molecule has 0 aliphatic carbocycles. The van der Waals surface area contributed by atoms with Crippen molar-refractivity contribution < 1.29 is 33.1 Å². The molecule has 2 aromatic carbocycles. The fourth-order valence-corrected chi connectivity index (χ4v) is 3.62. The van der Waals surface area contributed by atoms with E-state index in [9.17, 15) is 14.4 Å². The molecule has 10 nitrogen and oxygen atoms in total. The third-order valence-electron chi connectivity index (χ3n) is 5.64. The summed E-state index contributed by atoms with van der Waals surface area (Å²) < 4.78 is 20.6. The van der Waals surface area contributed by atoms with E-state index in [1.54, 1.807) is 14.2 Å². The number of carbonyl (C=O) groups is 3. The summed E-state index contributed by atoms with van der Waals surface area (Å²) in [5, 5.41) is 9.61. The molecule has 0 fully saturated rings. The van der Waals surface area contributed by atoms with Crippen LogP contribution in [-0.2, 0) is 25.5 Å². The lowest BCUT2D eigenvalue weighted by molar-refractivity contribution is -0.141. The number of unbranched alkanes of at least 4 members (excludes halogenated alkanes) is 1. The van der Waals surface area contributed by atoms with Crippen LogP contribution in [-0.4, -0.2) is 57.4 Å². The molecule has 3 aromatic rings. The highest BCUT2D eigenvalue weighted by atomic mass is 16.5. The number of methoxy groups -OCH3 is 3. The maximum absolute atomic E-state index is 12.7. The van der Waals surface area contributed by atoms with Crippen molar-refractivity contribution in [1.82, 2.24) is 15.8 Å². The molecule has 0 unspecified atom stereocenters. The van der Waals surface area contributed by atoms with Crippen LogP contribution in [0.15, 0.2) is 53.1 Å². The Morgan fingerprint density at radius 1 is 0.811 bits per heavy atom. The molecule has 2 N–H and O–H groups in total. The second kappa shape index (κ2) is 13.7. The molecule has 2 amide bonds. The van der Waals surface area contributed by atoms with E-state index >= 15 is 0 Å². The average Bonchev–Trinajstić information content (AvgIpc) is 3.34. The van der Waals surface area contributed by atoms with Crippen LogP contribution in [0.5, 0.6) is 11.5 Å². The summed E-state index contributed by atoms with van der Waals surface area (Å²) in [6.07, 6.45) is 1.43. The first-order valence-corrected chi connectivity index (χ1v) is 11.8. The summed E-state index contributed by atoms with van der Waals surface area (Å²) in [6, 6.07) is 14.9. The normalized spacial score (nSPS) is 10.5. The minimum absolute atomic E-state index is 0.00410. The first-order chi connectivity index (χ1) is 17.9. The van der Waals surface area contributed by atoms with E-state index in [2.05, 4.69) is 20.5 Å². The lowest BCUT2D eigenvalue weighted by atomic mass is 9.98. The Morgan fingerprint density at radius 2 is 1.43 bits per heavy atom. The first kappa shape index (κ1) is 27.3. The van der Waals surface area contributed by atoms with Gasteiger partial charge in [0.1, 0.15) is 23.7 Å². The van der Waals surface area contributed by atoms with Gasteiger partial charge in [0.25, 0.3) is 0 Å². The predicted molar refractivity (Wildman–Crippen MR) is 136 cm³/mol. The van der Waals surface area contributed by atoms with Gasteiger partial charge >= 0.3 is 5.97 Å². The highest BCUT2D eigenvalue weighted by molar-refractivity contribution is 5.87. The Kier molecular flexibility index (Phi) is 10.1. The monoisotopic (exact) mass is 509 g/mol. The molecule has 10 heteroatoms. The number of carbonyl (C=O) groups excluding carboxylic acids is 3. The summed E-state index contributed by atoms with van der Waals surface area (Å²) in [6.45, 7) is 0.249. The Morgan fingerprint density at radius 3 is 2.03 bits per heavy atom. The molecule has 0 saturated carbocycles. The van der Waals surface area contributed by atoms with Crippen LogP contribution < -0.4 is 20.1 Å². The van der Waals surface area contributed by atoms with Gasteiger partial charge in [0.05, 0.1) is 33.3 Å². The van der Waals surface area contributed by atoms with E-state index in [0.717, 1.165) is 22.4 Å². The van der Waals surface area contributed by atoms with Crippen molar-refractivity contribution in [3.63, 3.8) is 0 Å². The quantitative estimate of drug-likeness (QED) is 0.266. The summed E-state index contributed by atoms with van der Waals surface area (Å²) in [5.74, 6) is 0.909. The minimum Gasteiger partial charge on any atom is -0.497 e. The summed E-state index contributed by atoms with van der Waals surface area (Å²) >= 11 is 0. The standard InChI is InChI=1S/C27H31N3O7/c1-34-20-11-7-18(8-12-20)26-22(37-30-27(26)19-9-13-21(35-2)14-10-19)16-24(32)28-15-5-4-6-23(31)29-17-25(33)36-3/h7-14H,4-6,15-17H2,1-3H3,(H,28,32)(H,29,31). The molecule has 0 spiro atoms. The van der Waals surface area contributed by atoms with Crippen LogP contribution in [0.1, 0.15) is 25.0 Å². The van der Waals surface area contributed by atoms with E-state index in [-0.39, 0.29) is 31.2 Å². The molecule has 0 aliphatic rings. The highest BCUT2D eigenvalue weighted by Crippen LogP contribution is 2.36. The van der Waals surface area contributed by atoms with Crippen molar-refractivity contribution >= 4 is 17.8 Å². The van der Waals surface area contributed by atoms with Crippen molar-refractivity contribution in [2.75, 3.05) is 34.4 Å². The first-order valence-electron chi connectivity index (χ1n) is 11.8. The molecule has 1 aromatic heterocycles. The number of nitrogens with zero attached hydrogens (tertiary/aromatic N) is 1. The Bertz CT molecular complexity index is 1190. The van der Waals surface area contributed by atoms with E-state index in [1.165, 1.54) is 7.11 Å². The molecule has 0 saturated heterocycles. The Hall–Kier alpha value is -4.34. The molecule has 0 bridgehead atoms. The summed E-state index contributed by atoms with van der Waals surface area (Å²) in [7, 11) is 4.46. The second-order valence-electron chi connectivity index (χ2n) is 8.12. The number of ether oxygens (including phenoxy) is 3. The minimum atomic E-state index is -0.503. The number of hydrogen-bond acceptors (Lipinski definition) is 8. The van der Waals surface area contributed by atoms with Gasteiger partial charge in [0.15, 0.2) is 5.76 Å². The highest BCUT2D eigenvalue weighted by Gasteiger charge is 2.21. The van der Waals surface area contributed by atoms with Crippen LogP contribution >= 0.6 is 0 Å². The number of hydrogen-bond donors (Lipinski definition) is 2. The molecule has 0 atom stereocenters. The van der Waals surface area contributed by atoms with Gasteiger partial charge in [0.2, 0.25) is 11.8 Å². The topological polar surface area (TPSA) is 129 Å².